The van der Waals surface area contributed by atoms with Crippen LogP contribution in [0.4, 0.5) is 0 Å². The first-order chi connectivity index (χ1) is 39.3. The summed E-state index contributed by atoms with van der Waals surface area (Å²) in [5.41, 5.74) is -0.0145. The molecule has 5 saturated heterocycles. The van der Waals surface area contributed by atoms with E-state index >= 15 is 0 Å². The van der Waals surface area contributed by atoms with Crippen LogP contribution in [0.2, 0.25) is 0 Å². The number of hydrogen-bond acceptors (Lipinski definition) is 20. The molecule has 9 fully saturated rings. The highest BCUT2D eigenvalue weighted by Crippen LogP contribution is 2.71. The first-order valence-corrected chi connectivity index (χ1v) is 31.1. The van der Waals surface area contributed by atoms with Crippen molar-refractivity contribution in [1.82, 2.24) is 0 Å². The molecule has 4 aliphatic carbocycles. The third-order valence-electron chi connectivity index (χ3n) is 19.5. The maximum Gasteiger partial charge on any atom is 0.321 e. The minimum absolute atomic E-state index is 0.0337. The van der Waals surface area contributed by atoms with Crippen molar-refractivity contribution < 1.29 is 95.1 Å². The van der Waals surface area contributed by atoms with Crippen LogP contribution in [0.3, 0.4) is 0 Å². The van der Waals surface area contributed by atoms with E-state index in [4.69, 9.17) is 124 Å². The number of carbonyl (C=O) groups is 6. The molecule has 1 spiro atoms. The van der Waals surface area contributed by atoms with E-state index in [9.17, 15) is 28.8 Å². The van der Waals surface area contributed by atoms with Gasteiger partial charge < -0.3 is 66.3 Å². The van der Waals surface area contributed by atoms with Crippen molar-refractivity contribution in [1.29, 1.82) is 0 Å². The molecule has 456 valence electrons. The van der Waals surface area contributed by atoms with Gasteiger partial charge in [0.15, 0.2) is 49.1 Å². The van der Waals surface area contributed by atoms with E-state index in [1.807, 2.05) is 0 Å². The molecule has 25 heteroatoms. The van der Waals surface area contributed by atoms with E-state index in [2.05, 4.69) is 27.7 Å². The van der Waals surface area contributed by atoms with Crippen molar-refractivity contribution in [3.63, 3.8) is 0 Å². The average Bonchev–Trinajstić information content (AvgIpc) is 1.67. The molecular formula is C57H73Cl5O20. The van der Waals surface area contributed by atoms with Gasteiger partial charge in [0.1, 0.15) is 72.0 Å². The predicted molar refractivity (Wildman–Crippen MR) is 290 cm³/mol. The Hall–Kier alpha value is -2.83. The van der Waals surface area contributed by atoms with E-state index in [0.29, 0.717) is 61.2 Å². The van der Waals surface area contributed by atoms with Crippen molar-refractivity contribution >= 4 is 93.6 Å². The number of esters is 5. The largest absolute Gasteiger partial charge is 0.497 e. The lowest BCUT2D eigenvalue weighted by Gasteiger charge is -2.60. The smallest absolute Gasteiger partial charge is 0.321 e. The fourth-order valence-electron chi connectivity index (χ4n) is 15.9. The summed E-state index contributed by atoms with van der Waals surface area (Å²) in [5.74, 6) is -6.45. The van der Waals surface area contributed by atoms with Gasteiger partial charge in [0, 0.05) is 30.2 Å². The number of rotatable bonds is 17. The van der Waals surface area contributed by atoms with Gasteiger partial charge in [0.2, 0.25) is 0 Å². The van der Waals surface area contributed by atoms with Crippen LogP contribution >= 0.6 is 58.0 Å². The number of Topliss-reactive ketones (excluding diaryl/α,β-unsaturated/α-hetero) is 1. The summed E-state index contributed by atoms with van der Waals surface area (Å²) in [4.78, 5) is 81.1. The summed E-state index contributed by atoms with van der Waals surface area (Å²) in [6, 6.07) is 6.80. The molecule has 0 bridgehead atoms. The second-order valence-corrected chi connectivity index (χ2v) is 25.4. The van der Waals surface area contributed by atoms with Gasteiger partial charge in [-0.15, -0.1) is 58.0 Å². The topological polar surface area (TPSA) is 232 Å². The lowest BCUT2D eigenvalue weighted by Crippen LogP contribution is -2.68. The molecule has 1 aromatic carbocycles. The van der Waals surface area contributed by atoms with E-state index < -0.39 is 145 Å². The first-order valence-electron chi connectivity index (χ1n) is 28.4. The maximum atomic E-state index is 15.0. The number of ketones is 1. The van der Waals surface area contributed by atoms with Gasteiger partial charge in [-0.3, -0.25) is 28.8 Å². The second-order valence-electron chi connectivity index (χ2n) is 24.1. The summed E-state index contributed by atoms with van der Waals surface area (Å²) in [5, 5.41) is 0. The number of carbonyl (C=O) groups excluding carboxylic acids is 6. The van der Waals surface area contributed by atoms with Gasteiger partial charge in [-0.25, -0.2) is 0 Å². The number of benzene rings is 1. The Balaban J connectivity index is 0.914. The van der Waals surface area contributed by atoms with E-state index in [1.54, 1.807) is 24.3 Å². The van der Waals surface area contributed by atoms with Gasteiger partial charge in [-0.2, -0.15) is 0 Å². The Morgan fingerprint density at radius 2 is 1.29 bits per heavy atom. The van der Waals surface area contributed by atoms with E-state index in [0.717, 1.165) is 32.1 Å². The van der Waals surface area contributed by atoms with Gasteiger partial charge in [-0.1, -0.05) is 39.8 Å². The molecule has 0 radical (unpaired) electrons. The Kier molecular flexibility index (Phi) is 19.6. The number of hydrogen-bond donors (Lipinski definition) is 0. The molecule has 0 aromatic heterocycles. The van der Waals surface area contributed by atoms with Gasteiger partial charge >= 0.3 is 29.8 Å². The summed E-state index contributed by atoms with van der Waals surface area (Å²) >= 11 is 30.1. The summed E-state index contributed by atoms with van der Waals surface area (Å²) in [7, 11) is 1.52. The molecule has 5 aliphatic heterocycles. The average molecular weight is 1260 g/mol. The standard InChI is InChI=1S/C57H73Cl5O20/c1-27-12-15-57(72-24-27)28(2)44-36(82-57)17-34-33-11-8-30-16-32(13-14-55(30,3)45(33)35(63)18-56(34,44)4)73-53-50(78-42(67)22-61)49(77-41(66)21-60)47(37(74-53)25-70-39(64)19-58)81-54-51(79-43(68)23-62)48(76-40(65)20-59)46-38(75-54)26-71-52(80-46)29-6-9-31(69-5)10-7-29/h6-7,9-10,27-28,30,32-34,36-38,44-54H,8,11-26H2,1-5H3/t27-,28+,30+,32+,33+,34+,36?,37-,38-,44?,45-,46-,47-,48+,49+,50-,51-,52?,53-,54+,55+,56+,57-/m1/s1. The molecule has 23 atom stereocenters. The Bertz CT molecular complexity index is 2490. The van der Waals surface area contributed by atoms with Gasteiger partial charge in [-0.05, 0) is 97.5 Å². The highest BCUT2D eigenvalue weighted by molar-refractivity contribution is 6.27. The van der Waals surface area contributed by atoms with Crippen LogP contribution in [-0.2, 0) is 90.3 Å². The zero-order valence-corrected chi connectivity index (χ0v) is 50.2. The number of fused-ring (bicyclic) bond motifs is 8. The van der Waals surface area contributed by atoms with Gasteiger partial charge in [0.05, 0.1) is 32.5 Å². The van der Waals surface area contributed by atoms with E-state index in [1.165, 1.54) is 7.11 Å². The number of ether oxygens (including phenoxy) is 14. The van der Waals surface area contributed by atoms with Gasteiger partial charge in [0.25, 0.3) is 0 Å². The number of methoxy groups -OCH3 is 1. The third-order valence-corrected chi connectivity index (χ3v) is 20.6. The van der Waals surface area contributed by atoms with Crippen LogP contribution in [0.15, 0.2) is 24.3 Å². The Morgan fingerprint density at radius 3 is 1.93 bits per heavy atom. The quantitative estimate of drug-likeness (QED) is 0.0642. The zero-order valence-electron chi connectivity index (χ0n) is 46.4. The molecular weight excluding hydrogens is 1180 g/mol. The van der Waals surface area contributed by atoms with Crippen LogP contribution in [0.5, 0.6) is 5.75 Å². The first kappa shape index (κ1) is 62.2. The number of alkyl halides is 5. The monoisotopic (exact) mass is 1250 g/mol. The fourth-order valence-corrected chi connectivity index (χ4v) is 16.2. The molecule has 0 N–H and O–H groups in total. The third kappa shape index (κ3) is 12.1. The molecule has 10 rings (SSSR count). The minimum atomic E-state index is -1.79. The van der Waals surface area contributed by atoms with Crippen LogP contribution in [0.25, 0.3) is 0 Å². The van der Waals surface area contributed by atoms with Crippen molar-refractivity contribution in [3.8, 4) is 5.75 Å². The maximum absolute atomic E-state index is 15.0. The Morgan fingerprint density at radius 1 is 0.659 bits per heavy atom. The second kappa shape index (κ2) is 25.9. The number of halogens is 5. The highest BCUT2D eigenvalue weighted by Gasteiger charge is 2.71. The fraction of sp³-hybridized carbons (Fsp3) is 0.789. The highest BCUT2D eigenvalue weighted by atomic mass is 35.5. The van der Waals surface area contributed by atoms with Crippen molar-refractivity contribution in [3.05, 3.63) is 29.8 Å². The molecule has 0 amide bonds. The van der Waals surface area contributed by atoms with Crippen molar-refractivity contribution in [2.75, 3.05) is 56.3 Å². The molecule has 3 unspecified atom stereocenters. The van der Waals surface area contributed by atoms with Crippen molar-refractivity contribution in [2.45, 2.75) is 171 Å². The van der Waals surface area contributed by atoms with Crippen molar-refractivity contribution in [2.24, 2.45) is 52.3 Å². The minimum Gasteiger partial charge on any atom is -0.497 e. The Labute approximate surface area is 501 Å². The van der Waals surface area contributed by atoms with E-state index in [-0.39, 0.29) is 53.1 Å². The zero-order chi connectivity index (χ0) is 58.4. The lowest BCUT2D eigenvalue weighted by molar-refractivity contribution is -0.388. The molecule has 1 aromatic rings. The lowest BCUT2D eigenvalue weighted by atomic mass is 9.44. The molecule has 4 saturated carbocycles. The molecule has 5 heterocycles. The summed E-state index contributed by atoms with van der Waals surface area (Å²) in [6.07, 6.45) is -10.4. The summed E-state index contributed by atoms with van der Waals surface area (Å²) in [6.45, 7) is 8.91. The molecule has 9 aliphatic rings. The van der Waals surface area contributed by atoms with Crippen LogP contribution in [0, 0.1) is 52.3 Å². The molecule has 82 heavy (non-hydrogen) atoms. The normalized spacial score (nSPS) is 43.0. The van der Waals surface area contributed by atoms with Crippen LogP contribution in [-0.4, -0.2) is 171 Å². The van der Waals surface area contributed by atoms with Crippen LogP contribution in [0.1, 0.15) is 97.3 Å². The molecule has 20 nitrogen and oxygen atoms in total. The van der Waals surface area contributed by atoms with Crippen LogP contribution < -0.4 is 4.74 Å². The summed E-state index contributed by atoms with van der Waals surface area (Å²) < 4.78 is 87.3. The predicted octanol–water partition coefficient (Wildman–Crippen LogP) is 7.34. The SMILES string of the molecule is COc1ccc(C2OC[C@H]3O[C@@H](O[C@H]4[C@H](OC(=O)CCl)[C@@H](OC(=O)CCl)[C@H](O[C@H]5CC[C@@]6(C)[C@@H](CC[C@@H]7[C@@H]6C(=O)C[C@]6(C)C8C(C[C@@H]76)O[C@]6(CC[C@@H](C)CO6)[C@H]8C)C5)O[C@@H]4COC(=O)CCl)[C@H](OC(=O)CCl)[C@@H](OC(=O)CCl)[C@@H]3O2)cc1.